The summed E-state index contributed by atoms with van der Waals surface area (Å²) in [4.78, 5) is 16.1. The summed E-state index contributed by atoms with van der Waals surface area (Å²) in [6.45, 7) is 4.41. The van der Waals surface area contributed by atoms with Gasteiger partial charge >= 0.3 is 0 Å². The van der Waals surface area contributed by atoms with E-state index in [9.17, 15) is 4.79 Å². The summed E-state index contributed by atoms with van der Waals surface area (Å²) in [5, 5.41) is 0.931. The average molecular weight is 211 g/mol. The molecule has 1 aromatic rings. The van der Waals surface area contributed by atoms with Crippen LogP contribution < -0.4 is 0 Å². The molecule has 76 valence electrons. The fourth-order valence-electron chi connectivity index (χ4n) is 1.63. The van der Waals surface area contributed by atoms with E-state index in [0.29, 0.717) is 0 Å². The predicted octanol–water partition coefficient (Wildman–Crippen LogP) is 2.37. The lowest BCUT2D eigenvalue weighted by Gasteiger charge is -2.19. The van der Waals surface area contributed by atoms with E-state index in [1.165, 1.54) is 11.3 Å². The number of hydrogen-bond donors (Lipinski definition) is 0. The Balaban J connectivity index is 2.28. The third-order valence-electron chi connectivity index (χ3n) is 2.52. The summed E-state index contributed by atoms with van der Waals surface area (Å²) < 4.78 is 5.66. The van der Waals surface area contributed by atoms with Gasteiger partial charge in [-0.25, -0.2) is 4.98 Å². The van der Waals surface area contributed by atoms with Crippen molar-refractivity contribution in [1.29, 1.82) is 0 Å². The highest BCUT2D eigenvalue weighted by molar-refractivity contribution is 7.13. The molecule has 0 spiro atoms. The molecule has 4 heteroatoms. The van der Waals surface area contributed by atoms with E-state index in [1.54, 1.807) is 13.1 Å². The summed E-state index contributed by atoms with van der Waals surface area (Å²) in [7, 11) is 0. The van der Waals surface area contributed by atoms with Crippen molar-refractivity contribution in [2.24, 2.45) is 0 Å². The maximum atomic E-state index is 11.1. The summed E-state index contributed by atoms with van der Waals surface area (Å²) in [6, 6.07) is 0. The van der Waals surface area contributed by atoms with Crippen LogP contribution in [0.3, 0.4) is 0 Å². The molecule has 1 saturated heterocycles. The lowest BCUT2D eigenvalue weighted by Crippen LogP contribution is -2.19. The maximum absolute atomic E-state index is 11.1. The number of rotatable bonds is 2. The fraction of sp³-hybridized carbons (Fsp3) is 0.600. The zero-order chi connectivity index (χ0) is 10.2. The number of Topliss-reactive ketones (excluding diaryl/α,β-unsaturated/α-hetero) is 1. The van der Waals surface area contributed by atoms with E-state index in [1.807, 2.05) is 6.92 Å². The minimum atomic E-state index is -0.252. The number of nitrogens with zero attached hydrogens (tertiary/aromatic N) is 1. The van der Waals surface area contributed by atoms with Gasteiger partial charge in [-0.1, -0.05) is 0 Å². The number of carbonyl (C=O) groups excluding carboxylic acids is 1. The maximum Gasteiger partial charge on any atom is 0.171 e. The third kappa shape index (κ3) is 1.60. The van der Waals surface area contributed by atoms with Gasteiger partial charge in [-0.15, -0.1) is 11.3 Å². The summed E-state index contributed by atoms with van der Waals surface area (Å²) in [5.74, 6) is 0.0790. The van der Waals surface area contributed by atoms with Crippen molar-refractivity contribution in [2.45, 2.75) is 32.3 Å². The van der Waals surface area contributed by atoms with E-state index in [-0.39, 0.29) is 11.4 Å². The van der Waals surface area contributed by atoms with E-state index >= 15 is 0 Å². The van der Waals surface area contributed by atoms with Crippen molar-refractivity contribution in [3.8, 4) is 0 Å². The highest BCUT2D eigenvalue weighted by Gasteiger charge is 2.34. The van der Waals surface area contributed by atoms with Crippen molar-refractivity contribution >= 4 is 17.1 Å². The highest BCUT2D eigenvalue weighted by atomic mass is 32.1. The Morgan fingerprint density at radius 3 is 3.00 bits per heavy atom. The first-order chi connectivity index (χ1) is 6.62. The molecule has 0 aromatic carbocycles. The monoisotopic (exact) mass is 211 g/mol. The Labute approximate surface area is 87.1 Å². The SMILES string of the molecule is CC(=O)c1cnc(C2(C)CCCO2)s1. The van der Waals surface area contributed by atoms with E-state index in [0.717, 1.165) is 29.3 Å². The van der Waals surface area contributed by atoms with Crippen LogP contribution in [0.1, 0.15) is 41.4 Å². The zero-order valence-corrected chi connectivity index (χ0v) is 9.19. The molecule has 1 aromatic heterocycles. The molecule has 2 heterocycles. The Hall–Kier alpha value is -0.740. The fourth-order valence-corrected chi connectivity index (χ4v) is 2.57. The van der Waals surface area contributed by atoms with E-state index in [2.05, 4.69) is 4.98 Å². The number of ketones is 1. The number of aromatic nitrogens is 1. The molecule has 1 unspecified atom stereocenters. The van der Waals surface area contributed by atoms with Crippen LogP contribution in [0.4, 0.5) is 0 Å². The third-order valence-corrected chi connectivity index (χ3v) is 3.87. The van der Waals surface area contributed by atoms with Crippen LogP contribution in [0.5, 0.6) is 0 Å². The summed E-state index contributed by atoms with van der Waals surface area (Å²) >= 11 is 1.45. The van der Waals surface area contributed by atoms with Gasteiger partial charge in [-0.2, -0.15) is 0 Å². The average Bonchev–Trinajstić information content (AvgIpc) is 2.71. The molecule has 1 aliphatic heterocycles. The molecule has 14 heavy (non-hydrogen) atoms. The van der Waals surface area contributed by atoms with Crippen molar-refractivity contribution in [2.75, 3.05) is 6.61 Å². The number of carbonyl (C=O) groups is 1. The Bertz CT molecular complexity index is 353. The number of ether oxygens (including phenoxy) is 1. The zero-order valence-electron chi connectivity index (χ0n) is 8.37. The molecule has 1 fully saturated rings. The molecule has 0 amide bonds. The van der Waals surface area contributed by atoms with Crippen LogP contribution in [0.2, 0.25) is 0 Å². The van der Waals surface area contributed by atoms with Crippen molar-refractivity contribution in [3.63, 3.8) is 0 Å². The Morgan fingerprint density at radius 1 is 1.71 bits per heavy atom. The second-order valence-electron chi connectivity index (χ2n) is 3.77. The smallest absolute Gasteiger partial charge is 0.171 e. The second kappa shape index (κ2) is 3.44. The normalized spacial score (nSPS) is 26.7. The first-order valence-corrected chi connectivity index (χ1v) is 5.55. The molecular weight excluding hydrogens is 198 g/mol. The summed E-state index contributed by atoms with van der Waals surface area (Å²) in [6.07, 6.45) is 3.72. The topological polar surface area (TPSA) is 39.2 Å². The molecular formula is C10H13NO2S. The van der Waals surface area contributed by atoms with Gasteiger partial charge in [0.2, 0.25) is 0 Å². The van der Waals surface area contributed by atoms with Crippen LogP contribution in [0.15, 0.2) is 6.20 Å². The molecule has 1 aliphatic rings. The van der Waals surface area contributed by atoms with Crippen molar-refractivity contribution in [3.05, 3.63) is 16.1 Å². The quantitative estimate of drug-likeness (QED) is 0.705. The summed E-state index contributed by atoms with van der Waals surface area (Å²) in [5.41, 5.74) is -0.252. The van der Waals surface area contributed by atoms with Crippen LogP contribution >= 0.6 is 11.3 Å². The largest absolute Gasteiger partial charge is 0.368 e. The van der Waals surface area contributed by atoms with Gasteiger partial charge in [0, 0.05) is 19.7 Å². The highest BCUT2D eigenvalue weighted by Crippen LogP contribution is 2.37. The van der Waals surface area contributed by atoms with Gasteiger partial charge in [0.15, 0.2) is 5.78 Å². The van der Waals surface area contributed by atoms with E-state index < -0.39 is 0 Å². The van der Waals surface area contributed by atoms with Gasteiger partial charge in [-0.3, -0.25) is 4.79 Å². The first-order valence-electron chi connectivity index (χ1n) is 4.73. The number of hydrogen-bond acceptors (Lipinski definition) is 4. The second-order valence-corrected chi connectivity index (χ2v) is 4.80. The number of thiazole rings is 1. The van der Waals surface area contributed by atoms with Crippen molar-refractivity contribution in [1.82, 2.24) is 4.98 Å². The lowest BCUT2D eigenvalue weighted by atomic mass is 10.0. The molecule has 2 rings (SSSR count). The van der Waals surface area contributed by atoms with Gasteiger partial charge in [-0.05, 0) is 19.8 Å². The lowest BCUT2D eigenvalue weighted by molar-refractivity contribution is 0.0166. The van der Waals surface area contributed by atoms with Gasteiger partial charge in [0.05, 0.1) is 4.88 Å². The molecule has 0 N–H and O–H groups in total. The van der Waals surface area contributed by atoms with E-state index in [4.69, 9.17) is 4.74 Å². The molecule has 0 saturated carbocycles. The van der Waals surface area contributed by atoms with Gasteiger partial charge < -0.3 is 4.74 Å². The molecule has 3 nitrogen and oxygen atoms in total. The minimum absolute atomic E-state index is 0.0790. The predicted molar refractivity (Wildman–Crippen MR) is 54.7 cm³/mol. The van der Waals surface area contributed by atoms with Gasteiger partial charge in [0.25, 0.3) is 0 Å². The molecule has 0 aliphatic carbocycles. The van der Waals surface area contributed by atoms with Gasteiger partial charge in [0.1, 0.15) is 10.6 Å². The van der Waals surface area contributed by atoms with Crippen LogP contribution in [-0.4, -0.2) is 17.4 Å². The molecule has 1 atom stereocenters. The first kappa shape index (κ1) is 9.80. The van der Waals surface area contributed by atoms with Crippen LogP contribution in [0.25, 0.3) is 0 Å². The van der Waals surface area contributed by atoms with Crippen LogP contribution in [-0.2, 0) is 10.3 Å². The Kier molecular flexibility index (Phi) is 2.41. The van der Waals surface area contributed by atoms with Crippen molar-refractivity contribution < 1.29 is 9.53 Å². The molecule has 0 bridgehead atoms. The minimum Gasteiger partial charge on any atom is -0.368 e. The van der Waals surface area contributed by atoms with Crippen LogP contribution in [0, 0.1) is 0 Å². The Morgan fingerprint density at radius 2 is 2.50 bits per heavy atom. The molecule has 0 radical (unpaired) electrons. The standard InChI is InChI=1S/C10H13NO2S/c1-7(12)8-6-11-9(14-8)10(2)4-3-5-13-10/h6H,3-5H2,1-2H3.